The summed E-state index contributed by atoms with van der Waals surface area (Å²) in [6.07, 6.45) is 12.0. The Morgan fingerprint density at radius 1 is 0.194 bits per heavy atom. The van der Waals surface area contributed by atoms with Gasteiger partial charge < -0.3 is 0 Å². The van der Waals surface area contributed by atoms with Crippen LogP contribution in [0.1, 0.15) is 76.4 Å². The fourth-order valence-corrected chi connectivity index (χ4v) is 22.2. The van der Waals surface area contributed by atoms with E-state index in [1.807, 2.05) is 0 Å². The summed E-state index contributed by atoms with van der Waals surface area (Å²) in [4.78, 5) is 0. The molecule has 15 aromatic carbocycles. The van der Waals surface area contributed by atoms with E-state index in [-0.39, 0.29) is 5.41 Å². The Balaban J connectivity index is 0.0000000979. The highest BCUT2D eigenvalue weighted by atomic mass is 14.9. The van der Waals surface area contributed by atoms with Crippen LogP contribution in [0.3, 0.4) is 0 Å². The molecule has 5 aromatic heterocycles. The van der Waals surface area contributed by atoms with Gasteiger partial charge in [0.25, 0.3) is 0 Å². The molecule has 129 heavy (non-hydrogen) atoms. The third-order valence-corrected chi connectivity index (χ3v) is 27.9. The maximum atomic E-state index is 2.40. The first-order valence-electron chi connectivity index (χ1n) is 45.6. The van der Waals surface area contributed by atoms with Gasteiger partial charge in [0.05, 0.1) is 27.8 Å². The molecule has 5 heterocycles. The van der Waals surface area contributed by atoms with Gasteiger partial charge in [0, 0.05) is 87.5 Å². The summed E-state index contributed by atoms with van der Waals surface area (Å²) in [7, 11) is 10.7. The molecule has 20 aromatic rings. The minimum Gasteiger partial charge on any atom is -0.201 e. The number of rotatable bonds is 6. The standard InChI is InChI=1S/C28H28N.C25H22N.2C24H20N.C23H18N/c1-18-15-20-9-8-12-22-21-10-6-7-11-23(21)27(26(20)22)25(18)24-16-19(13-14-29(24)5)17-28(2,3)4;1-15-13-22(26(4)14-17(15)3)23-16(2)12-18-8-7-11-20-19-9-5-6-10-21(19)25(23)24(18)20;1-15-11-12-21(25(3)14-15)22-16(2)13-17-7-6-10-19-18-8-4-5-9-20(18)24(22)23(17)19;1-15-11-12-25(3)21(13-15)22-16(2)14-17-7-6-10-19-18-8-4-5-9-20(18)24(22)23(17)19;1-15-14-16-8-7-11-18-17-9-3-4-10-19(17)23(22(16)18)21(15)20-12-5-6-13-24(20)2/h6-16H,17H2,1-5H3;5-14H,1-4H3;2*4-14H,1-3H3;3-14H,1-2H3/q5*+1. The highest BCUT2D eigenvalue weighted by molar-refractivity contribution is 6.24. The molecule has 0 fully saturated rings. The monoisotopic (exact) mass is 1670 g/mol. The second kappa shape index (κ2) is 31.7. The largest absolute Gasteiger partial charge is 0.213 e. The van der Waals surface area contributed by atoms with Gasteiger partial charge in [-0.05, 0) is 268 Å². The Labute approximate surface area is 759 Å². The first-order valence-corrected chi connectivity index (χ1v) is 45.6. The molecule has 25 rings (SSSR count). The second-order valence-corrected chi connectivity index (χ2v) is 38.0. The highest BCUT2D eigenvalue weighted by Crippen LogP contribution is 2.58. The van der Waals surface area contributed by atoms with Crippen molar-refractivity contribution in [1.29, 1.82) is 0 Å². The summed E-state index contributed by atoms with van der Waals surface area (Å²) in [5.41, 5.74) is 54.1. The summed E-state index contributed by atoms with van der Waals surface area (Å²) < 4.78 is 11.3. The molecule has 0 unspecified atom stereocenters. The molecule has 5 heteroatoms. The first-order chi connectivity index (χ1) is 62.4. The van der Waals surface area contributed by atoms with Crippen LogP contribution in [0.4, 0.5) is 0 Å². The quantitative estimate of drug-likeness (QED) is 0.148. The van der Waals surface area contributed by atoms with E-state index in [1.165, 1.54) is 277 Å². The molecule has 0 saturated heterocycles. The van der Waals surface area contributed by atoms with E-state index in [9.17, 15) is 0 Å². The lowest BCUT2D eigenvalue weighted by atomic mass is 9.86. The van der Waals surface area contributed by atoms with Crippen molar-refractivity contribution < 1.29 is 22.8 Å². The van der Waals surface area contributed by atoms with Crippen LogP contribution in [0.15, 0.2) is 334 Å². The number of fused-ring (bicyclic) bond motifs is 15. The number of hydrogen-bond donors (Lipinski definition) is 0. The lowest BCUT2D eigenvalue weighted by Gasteiger charge is -2.18. The molecule has 0 spiro atoms. The SMILES string of the molecule is Cc1cc(-c2c(C)cc3cccc4c3c2-c2ccccc2-4)[n+](C)cc1C.Cc1cc2cccc3c2c(c1-c1cc(CC(C)(C)C)cc[n+]1C)-c1ccccc1-3.Cc1cc2cccc3c2c(c1-c1cccc[n+]1C)-c1ccccc1-3.Cc1cc[n+](C)c(-c2c(C)cc3cccc4c3c2-c2ccccc2-4)c1.Cc1ccc(-c2c(C)cc3cccc4c3c2-c2ccccc2-4)[n+](C)c1. The van der Waals surface area contributed by atoms with E-state index >= 15 is 0 Å². The van der Waals surface area contributed by atoms with Crippen molar-refractivity contribution in [3.05, 3.63) is 390 Å². The molecule has 5 aliphatic rings. The zero-order chi connectivity index (χ0) is 88.9. The molecular formula is C124H108N5+5. The van der Waals surface area contributed by atoms with Crippen LogP contribution in [0, 0.1) is 67.7 Å². The number of hydrogen-bond acceptors (Lipinski definition) is 0. The predicted molar refractivity (Wildman–Crippen MR) is 541 cm³/mol. The average molecular weight is 1670 g/mol. The normalized spacial score (nSPS) is 11.9. The zero-order valence-electron chi connectivity index (χ0n) is 77.2. The molecule has 0 amide bonds. The molecule has 0 aliphatic heterocycles. The summed E-state index contributed by atoms with van der Waals surface area (Å²) in [5, 5.41) is 13.6. The van der Waals surface area contributed by atoms with Gasteiger partial charge in [-0.2, -0.15) is 0 Å². The Kier molecular flexibility index (Phi) is 20.0. The smallest absolute Gasteiger partial charge is 0.201 e. The van der Waals surface area contributed by atoms with Crippen molar-refractivity contribution in [1.82, 2.24) is 0 Å². The van der Waals surface area contributed by atoms with Crippen LogP contribution in [0.5, 0.6) is 0 Å². The van der Waals surface area contributed by atoms with Crippen molar-refractivity contribution in [3.8, 4) is 168 Å². The molecule has 0 atom stereocenters. The van der Waals surface area contributed by atoms with Gasteiger partial charge in [-0.3, -0.25) is 0 Å². The van der Waals surface area contributed by atoms with E-state index in [0.717, 1.165) is 6.42 Å². The number of pyridine rings is 5. The van der Waals surface area contributed by atoms with Crippen LogP contribution >= 0.6 is 0 Å². The Bertz CT molecular complexity index is 8160. The fraction of sp³-hybridized carbons (Fsp3) is 0.153. The fourth-order valence-electron chi connectivity index (χ4n) is 22.2. The van der Waals surface area contributed by atoms with E-state index in [0.29, 0.717) is 0 Å². The lowest BCUT2D eigenvalue weighted by molar-refractivity contribution is -0.660. The minimum absolute atomic E-state index is 0.270. The van der Waals surface area contributed by atoms with Gasteiger partial charge in [0.1, 0.15) is 35.2 Å². The minimum atomic E-state index is 0.270. The molecule has 0 bridgehead atoms. The van der Waals surface area contributed by atoms with Crippen LogP contribution in [-0.4, -0.2) is 0 Å². The first kappa shape index (κ1) is 81.4. The van der Waals surface area contributed by atoms with E-state index < -0.39 is 0 Å². The molecule has 0 radical (unpaired) electrons. The van der Waals surface area contributed by atoms with Gasteiger partial charge >= 0.3 is 0 Å². The molecular weight excluding hydrogens is 1560 g/mol. The third kappa shape index (κ3) is 13.6. The summed E-state index contributed by atoms with van der Waals surface area (Å²) in [5.74, 6) is 0. The molecule has 5 aliphatic carbocycles. The van der Waals surface area contributed by atoms with Crippen LogP contribution < -0.4 is 22.8 Å². The van der Waals surface area contributed by atoms with Gasteiger partial charge in [-0.1, -0.05) is 263 Å². The summed E-state index contributed by atoms with van der Waals surface area (Å²) in [6, 6.07) is 112. The maximum Gasteiger partial charge on any atom is 0.213 e. The van der Waals surface area contributed by atoms with Gasteiger partial charge in [-0.15, -0.1) is 0 Å². The van der Waals surface area contributed by atoms with Crippen LogP contribution in [0.2, 0.25) is 0 Å². The molecule has 0 N–H and O–H groups in total. The summed E-state index contributed by atoms with van der Waals surface area (Å²) in [6.45, 7) is 26.8. The van der Waals surface area contributed by atoms with Crippen molar-refractivity contribution in [3.63, 3.8) is 0 Å². The molecule has 0 saturated carbocycles. The highest BCUT2D eigenvalue weighted by Gasteiger charge is 2.36. The second-order valence-electron chi connectivity index (χ2n) is 38.0. The third-order valence-electron chi connectivity index (χ3n) is 27.9. The lowest BCUT2D eigenvalue weighted by Crippen LogP contribution is -2.31. The van der Waals surface area contributed by atoms with Crippen LogP contribution in [0.25, 0.3) is 221 Å². The van der Waals surface area contributed by atoms with E-state index in [4.69, 9.17) is 0 Å². The maximum absolute atomic E-state index is 2.40. The number of nitrogens with zero attached hydrogens (tertiary/aromatic N) is 5. The number of aryl methyl sites for hydroxylation is 14. The predicted octanol–water partition coefficient (Wildman–Crippen LogP) is 29.3. The molecule has 5 nitrogen and oxygen atoms in total. The van der Waals surface area contributed by atoms with Crippen LogP contribution in [-0.2, 0) is 41.7 Å². The van der Waals surface area contributed by atoms with Crippen molar-refractivity contribution in [2.75, 3.05) is 0 Å². The Hall–Kier alpha value is -14.7. The van der Waals surface area contributed by atoms with Gasteiger partial charge in [0.15, 0.2) is 31.0 Å². The van der Waals surface area contributed by atoms with Gasteiger partial charge in [-0.25, -0.2) is 22.8 Å². The topological polar surface area (TPSA) is 19.4 Å². The van der Waals surface area contributed by atoms with Gasteiger partial charge in [0.2, 0.25) is 28.5 Å². The zero-order valence-corrected chi connectivity index (χ0v) is 77.2. The van der Waals surface area contributed by atoms with Crippen molar-refractivity contribution in [2.45, 2.75) is 89.5 Å². The summed E-state index contributed by atoms with van der Waals surface area (Å²) >= 11 is 0. The van der Waals surface area contributed by atoms with E-state index in [1.54, 1.807) is 0 Å². The van der Waals surface area contributed by atoms with Crippen molar-refractivity contribution >= 4 is 53.9 Å². The Morgan fingerprint density at radius 2 is 0.481 bits per heavy atom. The van der Waals surface area contributed by atoms with Crippen molar-refractivity contribution in [2.24, 2.45) is 40.7 Å². The number of benzene rings is 15. The average Bonchev–Trinajstić information content (AvgIpc) is 1.56. The number of aromatic nitrogens is 5. The molecule has 624 valence electrons. The van der Waals surface area contributed by atoms with E-state index in [2.05, 4.69) is 475 Å². The Morgan fingerprint density at radius 3 is 0.822 bits per heavy atom.